The van der Waals surface area contributed by atoms with E-state index in [1.165, 1.54) is 18.4 Å². The highest BCUT2D eigenvalue weighted by molar-refractivity contribution is 5.18. The summed E-state index contributed by atoms with van der Waals surface area (Å²) in [5, 5.41) is 11.8. The number of hydrogen-bond acceptors (Lipinski definition) is 3. The maximum atomic E-state index is 4.27. The van der Waals surface area contributed by atoms with Gasteiger partial charge in [0.05, 0.1) is 0 Å². The summed E-state index contributed by atoms with van der Waals surface area (Å²) in [5.74, 6) is 1.06. The van der Waals surface area contributed by atoms with Gasteiger partial charge in [0.25, 0.3) is 0 Å². The zero-order valence-electron chi connectivity index (χ0n) is 10.4. The van der Waals surface area contributed by atoms with E-state index in [-0.39, 0.29) is 0 Å². The first-order valence-electron chi connectivity index (χ1n) is 6.56. The number of piperidine rings is 1. The van der Waals surface area contributed by atoms with Crippen molar-refractivity contribution in [2.24, 2.45) is 0 Å². The van der Waals surface area contributed by atoms with Gasteiger partial charge < -0.3 is 9.88 Å². The van der Waals surface area contributed by atoms with Gasteiger partial charge in [0, 0.05) is 19.0 Å². The van der Waals surface area contributed by atoms with Crippen molar-refractivity contribution in [3.05, 3.63) is 48.0 Å². The first kappa shape index (κ1) is 11.4. The predicted octanol–water partition coefficient (Wildman–Crippen LogP) is 1.79. The minimum Gasteiger partial charge on any atom is -0.315 e. The Hall–Kier alpha value is -1.68. The van der Waals surface area contributed by atoms with Crippen molar-refractivity contribution in [3.63, 3.8) is 0 Å². The van der Waals surface area contributed by atoms with E-state index in [0.717, 1.165) is 25.3 Å². The normalized spacial score (nSPS) is 19.9. The van der Waals surface area contributed by atoms with Gasteiger partial charge in [-0.05, 0) is 24.9 Å². The maximum absolute atomic E-state index is 4.27. The van der Waals surface area contributed by atoms with Crippen molar-refractivity contribution >= 4 is 0 Å². The van der Waals surface area contributed by atoms with Gasteiger partial charge in [-0.2, -0.15) is 0 Å². The van der Waals surface area contributed by atoms with Gasteiger partial charge >= 0.3 is 0 Å². The molecule has 0 radical (unpaired) electrons. The summed E-state index contributed by atoms with van der Waals surface area (Å²) in [6.07, 6.45) is 5.17. The van der Waals surface area contributed by atoms with E-state index < -0.39 is 0 Å². The molecule has 2 heterocycles. The third kappa shape index (κ3) is 2.43. The van der Waals surface area contributed by atoms with Crippen LogP contribution in [0, 0.1) is 0 Å². The minimum atomic E-state index is 0.507. The smallest absolute Gasteiger partial charge is 0.137 e. The average Bonchev–Trinajstić information content (AvgIpc) is 2.89. The molecule has 2 aromatic rings. The van der Waals surface area contributed by atoms with Crippen molar-refractivity contribution in [1.82, 2.24) is 20.1 Å². The number of rotatable bonds is 3. The second kappa shape index (κ2) is 5.31. The molecule has 4 heteroatoms. The lowest BCUT2D eigenvalue weighted by Crippen LogP contribution is -2.32. The molecule has 1 saturated heterocycles. The van der Waals surface area contributed by atoms with Crippen LogP contribution in [0.5, 0.6) is 0 Å². The maximum Gasteiger partial charge on any atom is 0.137 e. The van der Waals surface area contributed by atoms with Gasteiger partial charge in [-0.15, -0.1) is 10.2 Å². The summed E-state index contributed by atoms with van der Waals surface area (Å²) in [4.78, 5) is 0. The van der Waals surface area contributed by atoms with Crippen LogP contribution in [0.2, 0.25) is 0 Å². The standard InChI is InChI=1S/C14H18N4/c1-2-5-12(6-3-1)9-14-17-16-11-18(14)13-7-4-8-15-10-13/h1-3,5-6,11,13,15H,4,7-10H2. The van der Waals surface area contributed by atoms with Crippen LogP contribution in [0.25, 0.3) is 0 Å². The number of nitrogens with one attached hydrogen (secondary N) is 1. The summed E-state index contributed by atoms with van der Waals surface area (Å²) >= 11 is 0. The van der Waals surface area contributed by atoms with Crippen LogP contribution in [-0.4, -0.2) is 27.9 Å². The molecule has 1 aliphatic rings. The molecule has 0 spiro atoms. The van der Waals surface area contributed by atoms with Crippen LogP contribution in [0.4, 0.5) is 0 Å². The SMILES string of the molecule is c1ccc(Cc2nncn2C2CCCNC2)cc1. The largest absolute Gasteiger partial charge is 0.315 e. The van der Waals surface area contributed by atoms with E-state index in [0.29, 0.717) is 6.04 Å². The first-order chi connectivity index (χ1) is 8.93. The van der Waals surface area contributed by atoms with Gasteiger partial charge in [0.15, 0.2) is 0 Å². The molecule has 1 aliphatic heterocycles. The summed E-state index contributed by atoms with van der Waals surface area (Å²) in [6, 6.07) is 11.0. The molecule has 0 amide bonds. The Bertz CT molecular complexity index is 486. The van der Waals surface area contributed by atoms with E-state index >= 15 is 0 Å². The van der Waals surface area contributed by atoms with Gasteiger partial charge in [-0.3, -0.25) is 0 Å². The van der Waals surface area contributed by atoms with Crippen molar-refractivity contribution in [1.29, 1.82) is 0 Å². The molecule has 0 saturated carbocycles. The molecular formula is C14H18N4. The summed E-state index contributed by atoms with van der Waals surface area (Å²) < 4.78 is 2.24. The Balaban J connectivity index is 1.78. The molecule has 1 aromatic carbocycles. The Labute approximate surface area is 107 Å². The fraction of sp³-hybridized carbons (Fsp3) is 0.429. The number of aromatic nitrogens is 3. The van der Waals surface area contributed by atoms with Crippen molar-refractivity contribution in [3.8, 4) is 0 Å². The molecular weight excluding hydrogens is 224 g/mol. The zero-order chi connectivity index (χ0) is 12.2. The Morgan fingerprint density at radius 2 is 2.17 bits per heavy atom. The summed E-state index contributed by atoms with van der Waals surface area (Å²) in [6.45, 7) is 2.16. The van der Waals surface area contributed by atoms with Crippen LogP contribution in [0.3, 0.4) is 0 Å². The first-order valence-corrected chi connectivity index (χ1v) is 6.56. The molecule has 1 atom stereocenters. The van der Waals surface area contributed by atoms with Gasteiger partial charge in [0.2, 0.25) is 0 Å². The lowest BCUT2D eigenvalue weighted by molar-refractivity contribution is 0.364. The van der Waals surface area contributed by atoms with E-state index in [2.05, 4.69) is 44.3 Å². The molecule has 3 rings (SSSR count). The molecule has 94 valence electrons. The van der Waals surface area contributed by atoms with Crippen LogP contribution in [0.1, 0.15) is 30.3 Å². The lowest BCUT2D eigenvalue weighted by Gasteiger charge is -2.24. The summed E-state index contributed by atoms with van der Waals surface area (Å²) in [7, 11) is 0. The highest BCUT2D eigenvalue weighted by Crippen LogP contribution is 2.18. The van der Waals surface area contributed by atoms with Crippen LogP contribution >= 0.6 is 0 Å². The van der Waals surface area contributed by atoms with Crippen LogP contribution < -0.4 is 5.32 Å². The molecule has 0 bridgehead atoms. The molecule has 1 aromatic heterocycles. The van der Waals surface area contributed by atoms with E-state index in [4.69, 9.17) is 0 Å². The Morgan fingerprint density at radius 3 is 2.94 bits per heavy atom. The lowest BCUT2D eigenvalue weighted by atomic mass is 10.1. The molecule has 18 heavy (non-hydrogen) atoms. The fourth-order valence-electron chi connectivity index (χ4n) is 2.55. The van der Waals surface area contributed by atoms with Crippen molar-refractivity contribution < 1.29 is 0 Å². The monoisotopic (exact) mass is 242 g/mol. The number of hydrogen-bond donors (Lipinski definition) is 1. The quantitative estimate of drug-likeness (QED) is 0.892. The second-order valence-corrected chi connectivity index (χ2v) is 4.82. The van der Waals surface area contributed by atoms with Gasteiger partial charge in [0.1, 0.15) is 12.2 Å². The predicted molar refractivity (Wildman–Crippen MR) is 70.4 cm³/mol. The summed E-state index contributed by atoms with van der Waals surface area (Å²) in [5.41, 5.74) is 1.29. The van der Waals surface area contributed by atoms with Crippen molar-refractivity contribution in [2.75, 3.05) is 13.1 Å². The average molecular weight is 242 g/mol. The molecule has 4 nitrogen and oxygen atoms in total. The van der Waals surface area contributed by atoms with E-state index in [9.17, 15) is 0 Å². The highest BCUT2D eigenvalue weighted by atomic mass is 15.3. The molecule has 0 aliphatic carbocycles. The molecule has 1 fully saturated rings. The Morgan fingerprint density at radius 1 is 1.28 bits per heavy atom. The number of nitrogens with zero attached hydrogens (tertiary/aromatic N) is 3. The fourth-order valence-corrected chi connectivity index (χ4v) is 2.55. The highest BCUT2D eigenvalue weighted by Gasteiger charge is 2.18. The minimum absolute atomic E-state index is 0.507. The zero-order valence-corrected chi connectivity index (χ0v) is 10.4. The third-order valence-electron chi connectivity index (χ3n) is 3.52. The van der Waals surface area contributed by atoms with E-state index in [1.54, 1.807) is 0 Å². The topological polar surface area (TPSA) is 42.7 Å². The van der Waals surface area contributed by atoms with Gasteiger partial charge in [-0.25, -0.2) is 0 Å². The van der Waals surface area contributed by atoms with Crippen LogP contribution in [0.15, 0.2) is 36.7 Å². The molecule has 1 N–H and O–H groups in total. The second-order valence-electron chi connectivity index (χ2n) is 4.82. The van der Waals surface area contributed by atoms with Crippen LogP contribution in [-0.2, 0) is 6.42 Å². The number of benzene rings is 1. The van der Waals surface area contributed by atoms with E-state index in [1.807, 2.05) is 12.4 Å². The Kier molecular flexibility index (Phi) is 3.37. The van der Waals surface area contributed by atoms with Crippen molar-refractivity contribution in [2.45, 2.75) is 25.3 Å². The third-order valence-corrected chi connectivity index (χ3v) is 3.52. The van der Waals surface area contributed by atoms with Gasteiger partial charge in [-0.1, -0.05) is 30.3 Å². The molecule has 1 unspecified atom stereocenters.